The fraction of sp³-hybridized carbons (Fsp3) is 0.321. The lowest BCUT2D eigenvalue weighted by Gasteiger charge is -2.15. The molecule has 0 unspecified atom stereocenters. The zero-order valence-electron chi connectivity index (χ0n) is 20.9. The molecule has 0 aliphatic heterocycles. The first kappa shape index (κ1) is 25.0. The van der Waals surface area contributed by atoms with Gasteiger partial charge in [0.15, 0.2) is 0 Å². The summed E-state index contributed by atoms with van der Waals surface area (Å²) in [6.45, 7) is 4.05. The van der Waals surface area contributed by atoms with E-state index >= 15 is 0 Å². The minimum Gasteiger partial charge on any atom is -0.469 e. The van der Waals surface area contributed by atoms with Gasteiger partial charge in [-0.2, -0.15) is 0 Å². The molecular formula is C28H32N4O4. The molecular weight excluding hydrogens is 456 g/mol. The number of aromatic nitrogens is 4. The maximum absolute atomic E-state index is 13.9. The number of nitrogens with one attached hydrogen (secondary N) is 2. The van der Waals surface area contributed by atoms with Gasteiger partial charge in [-0.1, -0.05) is 63.1 Å². The number of esters is 1. The Bertz CT molecular complexity index is 1330. The van der Waals surface area contributed by atoms with Crippen LogP contribution in [0.25, 0.3) is 11.4 Å². The van der Waals surface area contributed by atoms with Crippen molar-refractivity contribution in [1.82, 2.24) is 19.6 Å². The summed E-state index contributed by atoms with van der Waals surface area (Å²) >= 11 is 0. The molecule has 2 heterocycles. The molecule has 8 heteroatoms. The lowest BCUT2D eigenvalue weighted by molar-refractivity contribution is -0.140. The summed E-state index contributed by atoms with van der Waals surface area (Å²) in [6.07, 6.45) is 2.66. The number of rotatable bonds is 10. The second-order valence-corrected chi connectivity index (χ2v) is 8.79. The molecule has 2 aromatic carbocycles. The number of nitrogens with zero attached hydrogens (tertiary/aromatic N) is 2. The largest absolute Gasteiger partial charge is 0.469 e. The highest BCUT2D eigenvalue weighted by Gasteiger charge is 2.33. The first-order valence-electron chi connectivity index (χ1n) is 12.3. The first-order chi connectivity index (χ1) is 17.5. The summed E-state index contributed by atoms with van der Waals surface area (Å²) in [5.74, 6) is -1.24. The van der Waals surface area contributed by atoms with Crippen LogP contribution in [0.2, 0.25) is 0 Å². The van der Waals surface area contributed by atoms with Crippen LogP contribution < -0.4 is 11.1 Å². The number of carbonyl (C=O) groups excluding carboxylic acids is 1. The van der Waals surface area contributed by atoms with Crippen molar-refractivity contribution < 1.29 is 9.53 Å². The normalized spacial score (nSPS) is 11.2. The number of para-hydroxylation sites is 2. The van der Waals surface area contributed by atoms with E-state index in [-0.39, 0.29) is 17.5 Å². The zero-order valence-corrected chi connectivity index (χ0v) is 20.9. The van der Waals surface area contributed by atoms with Crippen LogP contribution in [0.4, 0.5) is 0 Å². The van der Waals surface area contributed by atoms with Crippen LogP contribution in [0.5, 0.6) is 0 Å². The van der Waals surface area contributed by atoms with Crippen LogP contribution in [0.1, 0.15) is 61.5 Å². The van der Waals surface area contributed by atoms with Gasteiger partial charge in [0.25, 0.3) is 11.1 Å². The van der Waals surface area contributed by atoms with Gasteiger partial charge in [-0.25, -0.2) is 9.36 Å². The molecule has 2 aromatic heterocycles. The van der Waals surface area contributed by atoms with Gasteiger partial charge in [-0.15, -0.1) is 0 Å². The molecule has 2 N–H and O–H groups in total. The molecule has 0 radical (unpaired) electrons. The topological polar surface area (TPSA) is 102 Å². The molecule has 0 aliphatic rings. The number of benzene rings is 2. The predicted molar refractivity (Wildman–Crippen MR) is 139 cm³/mol. The highest BCUT2D eigenvalue weighted by Crippen LogP contribution is 2.30. The van der Waals surface area contributed by atoms with Crippen molar-refractivity contribution in [2.24, 2.45) is 0 Å². The summed E-state index contributed by atoms with van der Waals surface area (Å²) in [6, 6.07) is 18.6. The van der Waals surface area contributed by atoms with E-state index in [9.17, 15) is 14.4 Å². The van der Waals surface area contributed by atoms with Gasteiger partial charge in [0, 0.05) is 28.4 Å². The summed E-state index contributed by atoms with van der Waals surface area (Å²) in [4.78, 5) is 40.4. The maximum atomic E-state index is 13.9. The molecule has 0 aliphatic carbocycles. The van der Waals surface area contributed by atoms with E-state index in [2.05, 4.69) is 10.2 Å². The number of hydrogen-bond acceptors (Lipinski definition) is 4. The van der Waals surface area contributed by atoms with E-state index in [1.807, 2.05) is 74.5 Å². The van der Waals surface area contributed by atoms with Gasteiger partial charge in [-0.3, -0.25) is 24.6 Å². The van der Waals surface area contributed by atoms with Crippen molar-refractivity contribution in [2.75, 3.05) is 7.11 Å². The van der Waals surface area contributed by atoms with Crippen molar-refractivity contribution in [3.05, 3.63) is 104 Å². The number of aryl methyl sites for hydroxylation is 2. The second kappa shape index (κ2) is 11.1. The monoisotopic (exact) mass is 488 g/mol. The van der Waals surface area contributed by atoms with Gasteiger partial charge in [0.2, 0.25) is 0 Å². The second-order valence-electron chi connectivity index (χ2n) is 8.79. The van der Waals surface area contributed by atoms with Gasteiger partial charge < -0.3 is 4.74 Å². The van der Waals surface area contributed by atoms with Crippen LogP contribution in [0, 0.1) is 0 Å². The van der Waals surface area contributed by atoms with Crippen LogP contribution in [-0.4, -0.2) is 32.6 Å². The van der Waals surface area contributed by atoms with E-state index in [4.69, 9.17) is 4.74 Å². The van der Waals surface area contributed by atoms with Crippen molar-refractivity contribution in [2.45, 2.75) is 51.9 Å². The molecule has 0 saturated heterocycles. The van der Waals surface area contributed by atoms with Crippen molar-refractivity contribution in [1.29, 1.82) is 0 Å². The Kier molecular flexibility index (Phi) is 7.73. The Hall–Kier alpha value is -4.07. The summed E-state index contributed by atoms with van der Waals surface area (Å²) in [7, 11) is 1.32. The molecule has 0 spiro atoms. The first-order valence-corrected chi connectivity index (χ1v) is 12.3. The van der Waals surface area contributed by atoms with E-state index in [0.29, 0.717) is 35.3 Å². The number of carbonyl (C=O) groups is 1. The third-order valence-corrected chi connectivity index (χ3v) is 6.33. The SMILES string of the molecule is CCCc1[nH]n(-c2ccccc2)c(=O)c1C(CC(=O)OC)c1c(CCC)[nH]n(-c2ccccc2)c1=O. The molecule has 188 valence electrons. The lowest BCUT2D eigenvalue weighted by atomic mass is 9.87. The fourth-order valence-electron chi connectivity index (χ4n) is 4.71. The average molecular weight is 489 g/mol. The fourth-order valence-corrected chi connectivity index (χ4v) is 4.71. The smallest absolute Gasteiger partial charge is 0.306 e. The van der Waals surface area contributed by atoms with E-state index in [1.165, 1.54) is 16.5 Å². The predicted octanol–water partition coefficient (Wildman–Crippen LogP) is 4.24. The number of hydrogen-bond donors (Lipinski definition) is 2. The Balaban J connectivity index is 1.98. The molecule has 0 amide bonds. The average Bonchev–Trinajstić information content (AvgIpc) is 3.40. The molecule has 36 heavy (non-hydrogen) atoms. The summed E-state index contributed by atoms with van der Waals surface area (Å²) in [5.41, 5.74) is 3.13. The Morgan fingerprint density at radius 1 is 0.778 bits per heavy atom. The highest BCUT2D eigenvalue weighted by atomic mass is 16.5. The van der Waals surface area contributed by atoms with Crippen molar-refractivity contribution in [3.8, 4) is 11.4 Å². The Labute approximate surface area is 209 Å². The summed E-state index contributed by atoms with van der Waals surface area (Å²) < 4.78 is 7.99. The Morgan fingerprint density at radius 2 is 1.19 bits per heavy atom. The standard InChI is InChI=1S/C28H32N4O4/c1-4-12-22-25(27(34)31(29-22)19-14-8-6-9-15-19)21(18-24(33)36-3)26-23(13-5-2)30-32(28(26)35)20-16-10-7-11-17-20/h6-11,14-17,21,29-30H,4-5,12-13,18H2,1-3H3. The molecule has 0 bridgehead atoms. The van der Waals surface area contributed by atoms with Crippen molar-refractivity contribution in [3.63, 3.8) is 0 Å². The van der Waals surface area contributed by atoms with Crippen LogP contribution in [-0.2, 0) is 22.4 Å². The third kappa shape index (κ3) is 4.84. The third-order valence-electron chi connectivity index (χ3n) is 6.33. The molecule has 0 fully saturated rings. The molecule has 0 atom stereocenters. The lowest BCUT2D eigenvalue weighted by Crippen LogP contribution is -2.26. The minimum absolute atomic E-state index is 0.117. The van der Waals surface area contributed by atoms with Gasteiger partial charge in [0.05, 0.1) is 24.9 Å². The maximum Gasteiger partial charge on any atom is 0.306 e. The number of H-pyrrole nitrogens is 2. The molecule has 4 rings (SSSR count). The molecule has 4 aromatic rings. The Morgan fingerprint density at radius 3 is 1.56 bits per heavy atom. The van der Waals surface area contributed by atoms with Crippen LogP contribution in [0.15, 0.2) is 70.3 Å². The van der Waals surface area contributed by atoms with Crippen molar-refractivity contribution >= 4 is 5.97 Å². The van der Waals surface area contributed by atoms with Crippen LogP contribution in [0.3, 0.4) is 0 Å². The van der Waals surface area contributed by atoms with E-state index in [1.54, 1.807) is 0 Å². The quantitative estimate of drug-likeness (QED) is 0.326. The highest BCUT2D eigenvalue weighted by molar-refractivity contribution is 5.71. The molecule has 0 saturated carbocycles. The van der Waals surface area contributed by atoms with Gasteiger partial charge in [0.1, 0.15) is 0 Å². The summed E-state index contributed by atoms with van der Waals surface area (Å²) in [5, 5.41) is 6.50. The minimum atomic E-state index is -0.761. The van der Waals surface area contributed by atoms with Gasteiger partial charge >= 0.3 is 5.97 Å². The zero-order chi connectivity index (χ0) is 25.7. The van der Waals surface area contributed by atoms with E-state index < -0.39 is 11.9 Å². The number of methoxy groups -OCH3 is 1. The van der Waals surface area contributed by atoms with E-state index in [0.717, 1.165) is 24.2 Å². The molecule has 8 nitrogen and oxygen atoms in total. The van der Waals surface area contributed by atoms with Crippen LogP contribution >= 0.6 is 0 Å². The number of ether oxygens (including phenoxy) is 1. The number of aromatic amines is 2. The van der Waals surface area contributed by atoms with Gasteiger partial charge in [-0.05, 0) is 37.1 Å².